The fourth-order valence-corrected chi connectivity index (χ4v) is 3.08. The summed E-state index contributed by atoms with van der Waals surface area (Å²) in [6, 6.07) is 17.3. The van der Waals surface area contributed by atoms with Gasteiger partial charge in [-0.2, -0.15) is 0 Å². The Labute approximate surface area is 151 Å². The van der Waals surface area contributed by atoms with Crippen LogP contribution in [0, 0.1) is 0 Å². The van der Waals surface area contributed by atoms with Gasteiger partial charge in [-0.1, -0.05) is 43.3 Å². The number of rotatable bonds is 7. The van der Waals surface area contributed by atoms with Crippen molar-refractivity contribution >= 4 is 17.2 Å². The van der Waals surface area contributed by atoms with Crippen molar-refractivity contribution in [2.75, 3.05) is 6.61 Å². The van der Waals surface area contributed by atoms with Crippen LogP contribution in [0.25, 0.3) is 11.3 Å². The highest BCUT2D eigenvalue weighted by Gasteiger charge is 2.09. The van der Waals surface area contributed by atoms with E-state index in [4.69, 9.17) is 4.74 Å². The summed E-state index contributed by atoms with van der Waals surface area (Å²) >= 11 is 1.55. The third-order valence-electron chi connectivity index (χ3n) is 3.59. The zero-order valence-electron chi connectivity index (χ0n) is 14.1. The first-order valence-corrected chi connectivity index (χ1v) is 9.15. The summed E-state index contributed by atoms with van der Waals surface area (Å²) in [6.45, 7) is 3.11. The first-order chi connectivity index (χ1) is 12.3. The molecule has 0 spiro atoms. The largest absolute Gasteiger partial charge is 0.494 e. The van der Waals surface area contributed by atoms with Crippen molar-refractivity contribution in [2.24, 2.45) is 0 Å². The van der Waals surface area contributed by atoms with E-state index in [1.807, 2.05) is 54.8 Å². The summed E-state index contributed by atoms with van der Waals surface area (Å²) in [5, 5.41) is 5.81. The molecule has 1 amide bonds. The lowest BCUT2D eigenvalue weighted by Gasteiger charge is -2.07. The van der Waals surface area contributed by atoms with E-state index < -0.39 is 0 Å². The zero-order valence-corrected chi connectivity index (χ0v) is 14.9. The van der Waals surface area contributed by atoms with Crippen LogP contribution in [0.5, 0.6) is 5.75 Å². The first kappa shape index (κ1) is 17.2. The Morgan fingerprint density at radius 3 is 2.80 bits per heavy atom. The second-order valence-corrected chi connectivity index (χ2v) is 6.49. The van der Waals surface area contributed by atoms with Gasteiger partial charge in [0.25, 0.3) is 5.91 Å². The number of nitrogens with zero attached hydrogens (tertiary/aromatic N) is 1. The number of carbonyl (C=O) groups is 1. The van der Waals surface area contributed by atoms with E-state index in [1.165, 1.54) is 0 Å². The Balaban J connectivity index is 1.60. The molecule has 3 aromatic rings. The minimum atomic E-state index is -0.126. The molecule has 5 heteroatoms. The highest BCUT2D eigenvalue weighted by atomic mass is 32.1. The molecule has 0 radical (unpaired) electrons. The Morgan fingerprint density at radius 2 is 2.00 bits per heavy atom. The van der Waals surface area contributed by atoms with Gasteiger partial charge in [0, 0.05) is 16.5 Å². The van der Waals surface area contributed by atoms with E-state index >= 15 is 0 Å². The van der Waals surface area contributed by atoms with Gasteiger partial charge in [0.1, 0.15) is 10.8 Å². The molecule has 4 nitrogen and oxygen atoms in total. The Bertz CT molecular complexity index is 830. The summed E-state index contributed by atoms with van der Waals surface area (Å²) in [5.41, 5.74) is 2.61. The van der Waals surface area contributed by atoms with Crippen molar-refractivity contribution in [2.45, 2.75) is 19.9 Å². The standard InChI is InChI=1S/C20H20N2O2S/c1-2-11-24-17-10-6-9-16(12-17)20(23)21-13-19-22-18(14-25-19)15-7-4-3-5-8-15/h3-10,12,14H,2,11,13H2,1H3,(H,21,23). The number of hydrogen-bond acceptors (Lipinski definition) is 4. The molecule has 3 rings (SSSR count). The van der Waals surface area contributed by atoms with Crippen LogP contribution in [0.2, 0.25) is 0 Å². The summed E-state index contributed by atoms with van der Waals surface area (Å²) in [5.74, 6) is 0.591. The summed E-state index contributed by atoms with van der Waals surface area (Å²) in [7, 11) is 0. The van der Waals surface area contributed by atoms with Crippen LogP contribution in [-0.4, -0.2) is 17.5 Å². The predicted molar refractivity (Wildman–Crippen MR) is 101 cm³/mol. The average Bonchev–Trinajstić information content (AvgIpc) is 3.14. The second-order valence-electron chi connectivity index (χ2n) is 5.55. The van der Waals surface area contributed by atoms with E-state index in [2.05, 4.69) is 10.3 Å². The number of nitrogens with one attached hydrogen (secondary N) is 1. The molecule has 0 aliphatic heterocycles. The van der Waals surface area contributed by atoms with Gasteiger partial charge in [0.05, 0.1) is 18.8 Å². The highest BCUT2D eigenvalue weighted by molar-refractivity contribution is 7.09. The van der Waals surface area contributed by atoms with Gasteiger partial charge in [0.15, 0.2) is 0 Å². The topological polar surface area (TPSA) is 51.2 Å². The van der Waals surface area contributed by atoms with E-state index in [-0.39, 0.29) is 5.91 Å². The van der Waals surface area contributed by atoms with E-state index in [0.29, 0.717) is 18.7 Å². The number of hydrogen-bond donors (Lipinski definition) is 1. The molecule has 0 saturated carbocycles. The molecule has 0 aliphatic rings. The number of aromatic nitrogens is 1. The SMILES string of the molecule is CCCOc1cccc(C(=O)NCc2nc(-c3ccccc3)cs2)c1. The van der Waals surface area contributed by atoms with Crippen LogP contribution in [0.4, 0.5) is 0 Å². The number of ether oxygens (including phenoxy) is 1. The fourth-order valence-electron chi connectivity index (χ4n) is 2.34. The van der Waals surface area contributed by atoms with Crippen molar-refractivity contribution in [1.29, 1.82) is 0 Å². The van der Waals surface area contributed by atoms with Crippen LogP contribution >= 0.6 is 11.3 Å². The minimum Gasteiger partial charge on any atom is -0.494 e. The number of carbonyl (C=O) groups excluding carboxylic acids is 1. The number of thiazole rings is 1. The van der Waals surface area contributed by atoms with Crippen LogP contribution in [-0.2, 0) is 6.54 Å². The number of amides is 1. The van der Waals surface area contributed by atoms with Crippen molar-refractivity contribution in [3.05, 3.63) is 70.5 Å². The monoisotopic (exact) mass is 352 g/mol. The summed E-state index contributed by atoms with van der Waals surface area (Å²) in [4.78, 5) is 16.9. The van der Waals surface area contributed by atoms with Crippen LogP contribution in [0.1, 0.15) is 28.7 Å². The van der Waals surface area contributed by atoms with Crippen LogP contribution < -0.4 is 10.1 Å². The van der Waals surface area contributed by atoms with E-state index in [1.54, 1.807) is 23.5 Å². The Kier molecular flexibility index (Phi) is 5.80. The average molecular weight is 352 g/mol. The molecule has 0 fully saturated rings. The lowest BCUT2D eigenvalue weighted by Crippen LogP contribution is -2.22. The molecular weight excluding hydrogens is 332 g/mol. The maximum absolute atomic E-state index is 12.3. The normalized spacial score (nSPS) is 10.4. The van der Waals surface area contributed by atoms with Crippen molar-refractivity contribution in [1.82, 2.24) is 10.3 Å². The van der Waals surface area contributed by atoms with Gasteiger partial charge in [0.2, 0.25) is 0 Å². The molecular formula is C20H20N2O2S. The Morgan fingerprint density at radius 1 is 1.16 bits per heavy atom. The van der Waals surface area contributed by atoms with Gasteiger partial charge in [-0.3, -0.25) is 4.79 Å². The van der Waals surface area contributed by atoms with Crippen molar-refractivity contribution < 1.29 is 9.53 Å². The molecule has 1 N–H and O–H groups in total. The molecule has 0 atom stereocenters. The molecule has 0 unspecified atom stereocenters. The fraction of sp³-hybridized carbons (Fsp3) is 0.200. The predicted octanol–water partition coefficient (Wildman–Crippen LogP) is 4.53. The second kappa shape index (κ2) is 8.44. The Hall–Kier alpha value is -2.66. The smallest absolute Gasteiger partial charge is 0.251 e. The quantitative estimate of drug-likeness (QED) is 0.680. The summed E-state index contributed by atoms with van der Waals surface area (Å²) < 4.78 is 5.57. The molecule has 128 valence electrons. The maximum atomic E-state index is 12.3. The van der Waals surface area contributed by atoms with Crippen molar-refractivity contribution in [3.63, 3.8) is 0 Å². The zero-order chi connectivity index (χ0) is 17.5. The van der Waals surface area contributed by atoms with Gasteiger partial charge in [-0.25, -0.2) is 4.98 Å². The van der Waals surface area contributed by atoms with Gasteiger partial charge >= 0.3 is 0 Å². The minimum absolute atomic E-state index is 0.126. The molecule has 25 heavy (non-hydrogen) atoms. The third kappa shape index (κ3) is 4.67. The number of benzene rings is 2. The lowest BCUT2D eigenvalue weighted by molar-refractivity contribution is 0.0950. The molecule has 0 aliphatic carbocycles. The maximum Gasteiger partial charge on any atom is 0.251 e. The van der Waals surface area contributed by atoms with Gasteiger partial charge in [-0.05, 0) is 24.6 Å². The molecule has 1 heterocycles. The highest BCUT2D eigenvalue weighted by Crippen LogP contribution is 2.21. The van der Waals surface area contributed by atoms with E-state index in [9.17, 15) is 4.79 Å². The van der Waals surface area contributed by atoms with Crippen molar-refractivity contribution in [3.8, 4) is 17.0 Å². The molecule has 2 aromatic carbocycles. The molecule has 0 bridgehead atoms. The first-order valence-electron chi connectivity index (χ1n) is 8.27. The van der Waals surface area contributed by atoms with Gasteiger partial charge < -0.3 is 10.1 Å². The van der Waals surface area contributed by atoms with Crippen LogP contribution in [0.15, 0.2) is 60.0 Å². The third-order valence-corrected chi connectivity index (χ3v) is 4.44. The van der Waals surface area contributed by atoms with Crippen LogP contribution in [0.3, 0.4) is 0 Å². The summed E-state index contributed by atoms with van der Waals surface area (Å²) in [6.07, 6.45) is 0.935. The lowest BCUT2D eigenvalue weighted by atomic mass is 10.2. The van der Waals surface area contributed by atoms with Gasteiger partial charge in [-0.15, -0.1) is 11.3 Å². The molecule has 0 saturated heterocycles. The molecule has 1 aromatic heterocycles. The van der Waals surface area contributed by atoms with E-state index in [0.717, 1.165) is 28.4 Å².